The van der Waals surface area contributed by atoms with Gasteiger partial charge in [-0.15, -0.1) is 0 Å². The summed E-state index contributed by atoms with van der Waals surface area (Å²) in [5, 5.41) is 0.900. The zero-order chi connectivity index (χ0) is 22.0. The third-order valence-electron chi connectivity index (χ3n) is 5.99. The molecule has 1 aliphatic heterocycles. The van der Waals surface area contributed by atoms with Gasteiger partial charge in [0.2, 0.25) is 5.91 Å². The van der Waals surface area contributed by atoms with E-state index in [-0.39, 0.29) is 11.7 Å². The van der Waals surface area contributed by atoms with Gasteiger partial charge in [-0.2, -0.15) is 0 Å². The van der Waals surface area contributed by atoms with Gasteiger partial charge in [0.25, 0.3) is 0 Å². The van der Waals surface area contributed by atoms with Crippen LogP contribution in [-0.4, -0.2) is 30.5 Å². The molecule has 4 nitrogen and oxygen atoms in total. The van der Waals surface area contributed by atoms with Crippen LogP contribution in [0.25, 0.3) is 27.7 Å². The lowest BCUT2D eigenvalue weighted by atomic mass is 9.98. The average molecular weight is 422 g/mol. The summed E-state index contributed by atoms with van der Waals surface area (Å²) in [5.74, 6) is 1.12. The first-order valence-electron chi connectivity index (χ1n) is 10.9. The lowest BCUT2D eigenvalue weighted by Gasteiger charge is -2.29. The van der Waals surface area contributed by atoms with Crippen molar-refractivity contribution in [3.8, 4) is 16.9 Å². The van der Waals surface area contributed by atoms with Gasteiger partial charge in [-0.1, -0.05) is 19.1 Å². The van der Waals surface area contributed by atoms with E-state index >= 15 is 0 Å². The lowest BCUT2D eigenvalue weighted by Crippen LogP contribution is -2.36. The van der Waals surface area contributed by atoms with Crippen molar-refractivity contribution < 1.29 is 18.3 Å². The van der Waals surface area contributed by atoms with Gasteiger partial charge in [-0.05, 0) is 61.9 Å². The third-order valence-corrected chi connectivity index (χ3v) is 5.99. The maximum Gasteiger partial charge on any atom is 0.246 e. The number of ether oxygens (including phenoxy) is 1. The molecule has 162 valence electrons. The maximum absolute atomic E-state index is 13.4. The Labute approximate surface area is 182 Å². The molecule has 0 atom stereocenters. The van der Waals surface area contributed by atoms with E-state index in [9.17, 15) is 9.18 Å². The molecule has 5 heteroatoms. The van der Waals surface area contributed by atoms with Crippen molar-refractivity contribution in [2.45, 2.75) is 33.6 Å². The number of piperidine rings is 1. The average Bonchev–Trinajstić information content (AvgIpc) is 3.17. The van der Waals surface area contributed by atoms with Crippen molar-refractivity contribution in [1.82, 2.24) is 4.90 Å². The molecule has 2 heterocycles. The van der Waals surface area contributed by atoms with E-state index in [0.717, 1.165) is 53.6 Å². The summed E-state index contributed by atoms with van der Waals surface area (Å²) in [5.41, 5.74) is 4.15. The van der Waals surface area contributed by atoms with Crippen LogP contribution in [-0.2, 0) is 4.79 Å². The van der Waals surface area contributed by atoms with Crippen LogP contribution < -0.4 is 4.74 Å². The number of benzene rings is 2. The van der Waals surface area contributed by atoms with Crippen molar-refractivity contribution in [1.29, 1.82) is 0 Å². The van der Waals surface area contributed by atoms with Gasteiger partial charge in [0.15, 0.2) is 0 Å². The topological polar surface area (TPSA) is 42.7 Å². The summed E-state index contributed by atoms with van der Waals surface area (Å²) < 4.78 is 25.0. The first-order chi connectivity index (χ1) is 15.0. The van der Waals surface area contributed by atoms with Gasteiger partial charge in [-0.3, -0.25) is 4.79 Å². The Balaban J connectivity index is 1.72. The molecule has 1 saturated heterocycles. The fraction of sp³-hybridized carbons (Fsp3) is 0.346. The Morgan fingerprint density at radius 3 is 2.61 bits per heavy atom. The minimum absolute atomic E-state index is 0.0397. The SMILES string of the molecule is CCOc1cc2occ(-c3ccc(F)cc3)c2cc1/C(C)=C/C(=O)N1CCC(C)CC1. The molecule has 0 bridgehead atoms. The quantitative estimate of drug-likeness (QED) is 0.454. The van der Waals surface area contributed by atoms with Gasteiger partial charge < -0.3 is 14.1 Å². The third kappa shape index (κ3) is 4.50. The fourth-order valence-corrected chi connectivity index (χ4v) is 4.07. The van der Waals surface area contributed by atoms with Gasteiger partial charge >= 0.3 is 0 Å². The van der Waals surface area contributed by atoms with Crippen molar-refractivity contribution >= 4 is 22.4 Å². The van der Waals surface area contributed by atoms with Crippen LogP contribution in [0, 0.1) is 11.7 Å². The van der Waals surface area contributed by atoms with Crippen LogP contribution in [0.4, 0.5) is 4.39 Å². The number of nitrogens with zero attached hydrogens (tertiary/aromatic N) is 1. The number of hydrogen-bond donors (Lipinski definition) is 0. The number of hydrogen-bond acceptors (Lipinski definition) is 3. The van der Waals surface area contributed by atoms with Gasteiger partial charge in [0.05, 0.1) is 12.9 Å². The predicted octanol–water partition coefficient (Wildman–Crippen LogP) is 6.30. The largest absolute Gasteiger partial charge is 0.493 e. The Hall–Kier alpha value is -3.08. The second-order valence-corrected chi connectivity index (χ2v) is 8.27. The molecule has 2 aromatic carbocycles. The minimum Gasteiger partial charge on any atom is -0.493 e. The molecule has 0 radical (unpaired) electrons. The number of carbonyl (C=O) groups is 1. The molecular formula is C26H28FNO3. The first kappa shape index (κ1) is 21.2. The number of carbonyl (C=O) groups excluding carboxylic acids is 1. The molecule has 1 aromatic heterocycles. The van der Waals surface area contributed by atoms with Crippen molar-refractivity contribution in [3.63, 3.8) is 0 Å². The summed E-state index contributed by atoms with van der Waals surface area (Å²) in [4.78, 5) is 14.8. The molecule has 0 N–H and O–H groups in total. The van der Waals surface area contributed by atoms with Crippen molar-refractivity contribution in [2.24, 2.45) is 5.92 Å². The summed E-state index contributed by atoms with van der Waals surface area (Å²) in [7, 11) is 0. The van der Waals surface area contributed by atoms with E-state index in [4.69, 9.17) is 9.15 Å². The molecule has 0 saturated carbocycles. The molecular weight excluding hydrogens is 393 g/mol. The molecule has 0 unspecified atom stereocenters. The highest BCUT2D eigenvalue weighted by atomic mass is 19.1. The Morgan fingerprint density at radius 1 is 1.23 bits per heavy atom. The van der Waals surface area contributed by atoms with Crippen molar-refractivity contribution in [2.75, 3.05) is 19.7 Å². The number of fused-ring (bicyclic) bond motifs is 1. The predicted molar refractivity (Wildman–Crippen MR) is 121 cm³/mol. The second-order valence-electron chi connectivity index (χ2n) is 8.27. The van der Waals surface area contributed by atoms with Gasteiger partial charge in [0, 0.05) is 41.7 Å². The highest BCUT2D eigenvalue weighted by Gasteiger charge is 2.20. The number of likely N-dealkylation sites (tertiary alicyclic amines) is 1. The summed E-state index contributed by atoms with van der Waals surface area (Å²) >= 11 is 0. The number of halogens is 1. The molecule has 0 spiro atoms. The minimum atomic E-state index is -0.278. The van der Waals surface area contributed by atoms with Crippen LogP contribution in [0.1, 0.15) is 39.2 Å². The van der Waals surface area contributed by atoms with Crippen LogP contribution in [0.2, 0.25) is 0 Å². The number of allylic oxidation sites excluding steroid dienone is 1. The normalized spacial score (nSPS) is 15.5. The highest BCUT2D eigenvalue weighted by Crippen LogP contribution is 2.37. The van der Waals surface area contributed by atoms with E-state index in [1.54, 1.807) is 24.5 Å². The number of furan rings is 1. The van der Waals surface area contributed by atoms with E-state index < -0.39 is 0 Å². The van der Waals surface area contributed by atoms with Crippen LogP contribution in [0.5, 0.6) is 5.75 Å². The van der Waals surface area contributed by atoms with Crippen LogP contribution in [0.3, 0.4) is 0 Å². The Bertz CT molecular complexity index is 1110. The standard InChI is InChI=1S/C26H28FNO3/c1-4-30-24-15-25-22(23(16-31-25)19-5-7-20(27)8-6-19)14-21(24)18(3)13-26(29)28-11-9-17(2)10-12-28/h5-8,13-17H,4,9-12H2,1-3H3/b18-13+. The van der Waals surface area contributed by atoms with Crippen molar-refractivity contribution in [3.05, 3.63) is 60.1 Å². The number of rotatable bonds is 5. The first-order valence-corrected chi connectivity index (χ1v) is 10.9. The van der Waals surface area contributed by atoms with Crippen LogP contribution >= 0.6 is 0 Å². The highest BCUT2D eigenvalue weighted by molar-refractivity contribution is 6.00. The van der Waals surface area contributed by atoms with Gasteiger partial charge in [-0.25, -0.2) is 4.39 Å². The smallest absolute Gasteiger partial charge is 0.246 e. The van der Waals surface area contributed by atoms with Crippen LogP contribution in [0.15, 0.2) is 53.2 Å². The number of amides is 1. The molecule has 3 aromatic rings. The summed E-state index contributed by atoms with van der Waals surface area (Å²) in [6, 6.07) is 10.2. The zero-order valence-corrected chi connectivity index (χ0v) is 18.3. The van der Waals surface area contributed by atoms with E-state index in [1.165, 1.54) is 12.1 Å². The molecule has 1 amide bonds. The molecule has 0 aliphatic carbocycles. The Kier molecular flexibility index (Phi) is 6.12. The van der Waals surface area contributed by atoms with E-state index in [2.05, 4.69) is 6.92 Å². The molecule has 1 aliphatic rings. The summed E-state index contributed by atoms with van der Waals surface area (Å²) in [6.07, 6.45) is 5.48. The molecule has 31 heavy (non-hydrogen) atoms. The maximum atomic E-state index is 13.4. The zero-order valence-electron chi connectivity index (χ0n) is 18.3. The Morgan fingerprint density at radius 2 is 1.94 bits per heavy atom. The molecule has 1 fully saturated rings. The second kappa shape index (κ2) is 8.96. The molecule has 4 rings (SSSR count). The monoisotopic (exact) mass is 421 g/mol. The van der Waals surface area contributed by atoms with E-state index in [1.807, 2.05) is 30.9 Å². The fourth-order valence-electron chi connectivity index (χ4n) is 4.07. The summed E-state index contributed by atoms with van der Waals surface area (Å²) in [6.45, 7) is 8.21. The van der Waals surface area contributed by atoms with E-state index in [0.29, 0.717) is 23.9 Å². The van der Waals surface area contributed by atoms with Gasteiger partial charge in [0.1, 0.15) is 17.1 Å². The lowest BCUT2D eigenvalue weighted by molar-refractivity contribution is -0.127.